The second-order valence-electron chi connectivity index (χ2n) is 23.1. The predicted molar refractivity (Wildman–Crippen MR) is 267 cm³/mol. The van der Waals surface area contributed by atoms with Gasteiger partial charge in [-0.3, -0.25) is 0 Å². The number of nitrogens with zero attached hydrogens (tertiary/aromatic N) is 2. The molecule has 3 aromatic rings. The Morgan fingerprint density at radius 3 is 0.717 bits per heavy atom. The van der Waals surface area contributed by atoms with Crippen LogP contribution >= 0.6 is 0 Å². The van der Waals surface area contributed by atoms with E-state index in [2.05, 4.69) is 194 Å². The maximum absolute atomic E-state index is 6.97. The van der Waals surface area contributed by atoms with Gasteiger partial charge < -0.3 is 27.7 Å². The summed E-state index contributed by atoms with van der Waals surface area (Å²) in [7, 11) is -8.48. The number of nitrogens with one attached hydrogen (secondary N) is 2. The highest BCUT2D eigenvalue weighted by Crippen LogP contribution is 2.41. The van der Waals surface area contributed by atoms with E-state index in [-0.39, 0.29) is 20.2 Å². The van der Waals surface area contributed by atoms with Crippen LogP contribution in [0.5, 0.6) is 0 Å². The summed E-state index contributed by atoms with van der Waals surface area (Å²) >= 11 is 0. The second kappa shape index (κ2) is 16.8. The van der Waals surface area contributed by atoms with Crippen molar-refractivity contribution < 1.29 is 17.7 Å². The molecule has 60 heavy (non-hydrogen) atoms. The van der Waals surface area contributed by atoms with Crippen LogP contribution in [0.3, 0.4) is 0 Å². The van der Waals surface area contributed by atoms with Gasteiger partial charge in [0, 0.05) is 44.3 Å². The Kier molecular flexibility index (Phi) is 13.5. The fourth-order valence-electron chi connectivity index (χ4n) is 5.93. The predicted octanol–water partition coefficient (Wildman–Crippen LogP) is 14.7. The smallest absolute Gasteiger partial charge is 0.192 e. The maximum Gasteiger partial charge on any atom is 0.192 e. The summed E-state index contributed by atoms with van der Waals surface area (Å²) in [5.74, 6) is 0. The molecule has 0 fully saturated rings. The fraction of sp³-hybridized carbons (Fsp3) is 0.583. The zero-order valence-corrected chi connectivity index (χ0v) is 45.0. The molecule has 0 atom stereocenters. The number of fused-ring (bicyclic) bond motifs is 8. The molecule has 3 aromatic heterocycles. The van der Waals surface area contributed by atoms with E-state index in [1.54, 1.807) is 0 Å². The van der Waals surface area contributed by atoms with Crippen molar-refractivity contribution in [2.45, 2.75) is 182 Å². The fourth-order valence-corrected chi connectivity index (χ4v) is 9.68. The van der Waals surface area contributed by atoms with Crippen molar-refractivity contribution in [3.63, 3.8) is 0 Å². The maximum atomic E-state index is 6.97. The Labute approximate surface area is 366 Å². The van der Waals surface area contributed by atoms with Crippen molar-refractivity contribution in [3.8, 4) is 0 Å². The van der Waals surface area contributed by atoms with E-state index in [4.69, 9.17) is 27.7 Å². The monoisotopic (exact) mass is 887 g/mol. The van der Waals surface area contributed by atoms with Crippen LogP contribution in [-0.4, -0.2) is 53.2 Å². The molecule has 0 amide bonds. The first-order valence-corrected chi connectivity index (χ1v) is 33.6. The Bertz CT molecular complexity index is 1980. The zero-order chi connectivity index (χ0) is 45.1. The van der Waals surface area contributed by atoms with E-state index in [0.29, 0.717) is 26.4 Å². The number of hydrogen-bond acceptors (Lipinski definition) is 6. The molecule has 0 aromatic carbocycles. The lowest BCUT2D eigenvalue weighted by molar-refractivity contribution is 0.276. The van der Waals surface area contributed by atoms with Gasteiger partial charge in [-0.05, 0) is 121 Å². The molecule has 5 rings (SSSR count). The normalized spacial score (nSPS) is 14.7. The standard InChI is InChI=1S/C48H78N4O4Si4/c1-45(2,3)57(13,14)53-29-33-37-21-23-39(49-37)34(30-54-58(15,16)46(4,5)6)41-25-27-43(51-41)36(32-56-60(19,20)48(10,11)12)44-28-26-42(52-44)35(40-24-22-38(33)50-40)31-55-59(17,18)47(7,8)9/h21-28,49,52H,29-32H2,1-20H3. The molecule has 2 aliphatic rings. The van der Waals surface area contributed by atoms with Gasteiger partial charge in [0.2, 0.25) is 0 Å². The van der Waals surface area contributed by atoms with E-state index in [0.717, 1.165) is 67.1 Å². The molecule has 8 bridgehead atoms. The second-order valence-corrected chi connectivity index (χ2v) is 42.3. The summed E-state index contributed by atoms with van der Waals surface area (Å²) < 4.78 is 27.9. The summed E-state index contributed by atoms with van der Waals surface area (Å²) in [6.45, 7) is 47.7. The summed E-state index contributed by atoms with van der Waals surface area (Å²) in [5, 5.41) is 0.220. The van der Waals surface area contributed by atoms with Crippen LogP contribution in [0.2, 0.25) is 72.5 Å². The van der Waals surface area contributed by atoms with Crippen LogP contribution in [0.25, 0.3) is 46.4 Å². The van der Waals surface area contributed by atoms with Gasteiger partial charge in [0.15, 0.2) is 33.3 Å². The Morgan fingerprint density at radius 2 is 0.550 bits per heavy atom. The third-order valence-corrected chi connectivity index (χ3v) is 32.6. The number of rotatable bonds is 12. The third kappa shape index (κ3) is 10.4. The van der Waals surface area contributed by atoms with E-state index >= 15 is 0 Å². The Balaban J connectivity index is 1.88. The number of aromatic amines is 2. The van der Waals surface area contributed by atoms with Crippen LogP contribution in [0, 0.1) is 0 Å². The molecule has 0 radical (unpaired) electrons. The van der Waals surface area contributed by atoms with E-state index in [9.17, 15) is 0 Å². The van der Waals surface area contributed by atoms with Crippen LogP contribution < -0.4 is 0 Å². The zero-order valence-electron chi connectivity index (χ0n) is 41.0. The average molecular weight is 888 g/mol. The number of H-pyrrole nitrogens is 2. The first-order chi connectivity index (χ1) is 27.2. The van der Waals surface area contributed by atoms with Crippen molar-refractivity contribution in [2.24, 2.45) is 0 Å². The van der Waals surface area contributed by atoms with E-state index in [1.165, 1.54) is 0 Å². The molecule has 0 unspecified atom stereocenters. The Hall–Kier alpha value is -2.69. The highest BCUT2D eigenvalue weighted by Gasteiger charge is 2.40. The highest BCUT2D eigenvalue weighted by atomic mass is 28.4. The van der Waals surface area contributed by atoms with Crippen LogP contribution in [0.4, 0.5) is 0 Å². The van der Waals surface area contributed by atoms with Crippen LogP contribution in [-0.2, 0) is 44.1 Å². The van der Waals surface area contributed by atoms with E-state index < -0.39 is 33.3 Å². The van der Waals surface area contributed by atoms with Crippen molar-refractivity contribution in [1.29, 1.82) is 0 Å². The minimum absolute atomic E-state index is 0.0551. The molecule has 0 aliphatic carbocycles. The van der Waals surface area contributed by atoms with Crippen LogP contribution in [0.1, 0.15) is 128 Å². The highest BCUT2D eigenvalue weighted by molar-refractivity contribution is 6.75. The molecule has 8 nitrogen and oxygen atoms in total. The Morgan fingerprint density at radius 1 is 0.367 bits per heavy atom. The molecule has 2 N–H and O–H groups in total. The molecule has 330 valence electrons. The molecule has 0 saturated carbocycles. The molecule has 12 heteroatoms. The lowest BCUT2D eigenvalue weighted by atomic mass is 10.2. The quantitative estimate of drug-likeness (QED) is 0.121. The number of aromatic nitrogens is 4. The molecular weight excluding hydrogens is 809 g/mol. The first-order valence-electron chi connectivity index (χ1n) is 21.9. The van der Waals surface area contributed by atoms with Crippen LogP contribution in [0.15, 0.2) is 24.3 Å². The summed E-state index contributed by atoms with van der Waals surface area (Å²) in [6, 6.07) is 8.70. The minimum Gasteiger partial charge on any atom is -0.412 e. The molecule has 2 aliphatic heterocycles. The van der Waals surface area contributed by atoms with Gasteiger partial charge in [-0.2, -0.15) is 0 Å². The van der Waals surface area contributed by atoms with Crippen molar-refractivity contribution in [1.82, 2.24) is 19.9 Å². The average Bonchev–Trinajstić information content (AvgIpc) is 3.92. The summed E-state index contributed by atoms with van der Waals surface area (Å²) in [4.78, 5) is 18.6. The van der Waals surface area contributed by atoms with Crippen molar-refractivity contribution >= 4 is 79.6 Å². The lowest BCUT2D eigenvalue weighted by Gasteiger charge is -2.36. The van der Waals surface area contributed by atoms with Gasteiger partial charge >= 0.3 is 0 Å². The van der Waals surface area contributed by atoms with Gasteiger partial charge in [0.05, 0.1) is 49.2 Å². The first kappa shape index (κ1) is 48.3. The van der Waals surface area contributed by atoms with Gasteiger partial charge in [-0.1, -0.05) is 83.1 Å². The van der Waals surface area contributed by atoms with Crippen molar-refractivity contribution in [3.05, 3.63) is 69.3 Å². The van der Waals surface area contributed by atoms with Crippen molar-refractivity contribution in [2.75, 3.05) is 0 Å². The third-order valence-electron chi connectivity index (χ3n) is 14.7. The molecule has 0 spiro atoms. The van der Waals surface area contributed by atoms with Gasteiger partial charge in [0.25, 0.3) is 0 Å². The number of hydrogen-bond donors (Lipinski definition) is 2. The minimum atomic E-state index is -2.12. The summed E-state index contributed by atoms with van der Waals surface area (Å²) in [6.07, 6.45) is 8.59. The van der Waals surface area contributed by atoms with Gasteiger partial charge in [0.1, 0.15) is 0 Å². The SMILES string of the molecule is CC(C)(C)[Si](C)(C)OCc1c2nc(c(CO[Si](C)(C)C(C)(C)C)c3ccc([nH]3)c(CO[Si](C)(C)C(C)(C)C)c3nc(c(CO[Si](C)(C)C(C)(C)C)c4ccc1[nH]4)C=C3)C=C2. The summed E-state index contributed by atoms with van der Waals surface area (Å²) in [5.41, 5.74) is 11.6. The van der Waals surface area contributed by atoms with E-state index in [1.807, 2.05) is 0 Å². The lowest BCUT2D eigenvalue weighted by Crippen LogP contribution is -2.40. The molecular formula is C48H78N4O4Si4. The molecule has 5 heterocycles. The largest absolute Gasteiger partial charge is 0.412 e. The topological polar surface area (TPSA) is 94.3 Å². The molecule has 0 saturated heterocycles. The van der Waals surface area contributed by atoms with Gasteiger partial charge in [-0.15, -0.1) is 0 Å². The van der Waals surface area contributed by atoms with Gasteiger partial charge in [-0.25, -0.2) is 9.97 Å².